The summed E-state index contributed by atoms with van der Waals surface area (Å²) in [5, 5.41) is 16.0. The number of fused-ring (bicyclic) bond motifs is 1. The normalized spacial score (nSPS) is 10.9. The van der Waals surface area contributed by atoms with Crippen LogP contribution >= 0.6 is 0 Å². The van der Waals surface area contributed by atoms with E-state index >= 15 is 0 Å². The van der Waals surface area contributed by atoms with E-state index in [1.54, 1.807) is 37.6 Å². The average Bonchev–Trinajstić information content (AvgIpc) is 2.61. The van der Waals surface area contributed by atoms with E-state index in [2.05, 4.69) is 15.5 Å². The molecule has 24 heavy (non-hydrogen) atoms. The summed E-state index contributed by atoms with van der Waals surface area (Å²) < 4.78 is 5.29. The number of ether oxygens (including phenoxy) is 1. The molecule has 0 radical (unpaired) electrons. The van der Waals surface area contributed by atoms with E-state index in [4.69, 9.17) is 4.74 Å². The first-order valence-electron chi connectivity index (χ1n) is 7.15. The number of nitrogens with one attached hydrogen (secondary N) is 1. The van der Waals surface area contributed by atoms with Crippen molar-refractivity contribution in [2.75, 3.05) is 12.5 Å². The Morgan fingerprint density at radius 1 is 1.21 bits per heavy atom. The number of nitro groups is 1. The summed E-state index contributed by atoms with van der Waals surface area (Å²) in [5.41, 5.74) is 4.78. The number of nitro benzene ring substituents is 1. The number of rotatable bonds is 5. The third kappa shape index (κ3) is 3.00. The van der Waals surface area contributed by atoms with Gasteiger partial charge in [-0.3, -0.25) is 20.5 Å². The molecule has 0 saturated carbocycles. The summed E-state index contributed by atoms with van der Waals surface area (Å²) in [6.07, 6.45) is 3.07. The highest BCUT2D eigenvalue weighted by atomic mass is 16.6. The lowest BCUT2D eigenvalue weighted by Crippen LogP contribution is -1.97. The van der Waals surface area contributed by atoms with Crippen molar-refractivity contribution < 1.29 is 9.66 Å². The van der Waals surface area contributed by atoms with Gasteiger partial charge < -0.3 is 4.74 Å². The molecule has 0 spiro atoms. The predicted octanol–water partition coefficient (Wildman–Crippen LogP) is 3.60. The van der Waals surface area contributed by atoms with Crippen LogP contribution in [-0.2, 0) is 0 Å². The highest BCUT2D eigenvalue weighted by Gasteiger charge is 2.10. The molecule has 1 N–H and O–H groups in total. The SMILES string of the molecule is COc1cccc2c(N/N=C/c3ccccc3[N+](=O)[O-])ccnc12. The Morgan fingerprint density at radius 3 is 2.83 bits per heavy atom. The lowest BCUT2D eigenvalue weighted by Gasteiger charge is -2.08. The molecule has 7 heteroatoms. The number of nitrogens with zero attached hydrogens (tertiary/aromatic N) is 3. The van der Waals surface area contributed by atoms with Crippen molar-refractivity contribution in [1.82, 2.24) is 4.98 Å². The van der Waals surface area contributed by atoms with E-state index in [1.165, 1.54) is 12.3 Å². The van der Waals surface area contributed by atoms with Gasteiger partial charge in [-0.25, -0.2) is 0 Å². The number of methoxy groups -OCH3 is 1. The summed E-state index contributed by atoms with van der Waals surface area (Å²) in [6, 6.07) is 13.8. The Morgan fingerprint density at radius 2 is 2.04 bits per heavy atom. The van der Waals surface area contributed by atoms with Crippen LogP contribution in [0.25, 0.3) is 10.9 Å². The highest BCUT2D eigenvalue weighted by molar-refractivity contribution is 5.95. The van der Waals surface area contributed by atoms with Gasteiger partial charge in [-0.1, -0.05) is 24.3 Å². The van der Waals surface area contributed by atoms with Crippen molar-refractivity contribution in [2.45, 2.75) is 0 Å². The zero-order chi connectivity index (χ0) is 16.9. The van der Waals surface area contributed by atoms with Gasteiger partial charge in [-0.2, -0.15) is 5.10 Å². The van der Waals surface area contributed by atoms with Crippen LogP contribution in [0.5, 0.6) is 5.75 Å². The average molecular weight is 322 g/mol. The molecule has 0 atom stereocenters. The first-order chi connectivity index (χ1) is 11.7. The Bertz CT molecular complexity index is 925. The van der Waals surface area contributed by atoms with Gasteiger partial charge in [0.25, 0.3) is 5.69 Å². The molecule has 3 aromatic rings. The number of benzene rings is 2. The lowest BCUT2D eigenvalue weighted by atomic mass is 10.2. The van der Waals surface area contributed by atoms with Crippen LogP contribution in [0.1, 0.15) is 5.56 Å². The van der Waals surface area contributed by atoms with E-state index in [0.29, 0.717) is 16.8 Å². The summed E-state index contributed by atoms with van der Waals surface area (Å²) in [4.78, 5) is 14.9. The molecule has 0 aliphatic rings. The van der Waals surface area contributed by atoms with Gasteiger partial charge in [0.05, 0.1) is 29.5 Å². The third-order valence-corrected chi connectivity index (χ3v) is 3.48. The second-order valence-corrected chi connectivity index (χ2v) is 4.90. The van der Waals surface area contributed by atoms with Crippen molar-refractivity contribution in [2.24, 2.45) is 5.10 Å². The molecule has 0 fully saturated rings. The highest BCUT2D eigenvalue weighted by Crippen LogP contribution is 2.28. The first-order valence-corrected chi connectivity index (χ1v) is 7.15. The van der Waals surface area contributed by atoms with Crippen molar-refractivity contribution >= 4 is 28.5 Å². The number of hydrogen-bond acceptors (Lipinski definition) is 6. The Hall–Kier alpha value is -3.48. The maximum Gasteiger partial charge on any atom is 0.278 e. The Labute approximate surface area is 137 Å². The molecule has 1 aromatic heterocycles. The number of aromatic nitrogens is 1. The van der Waals surface area contributed by atoms with Crippen LogP contribution in [0.2, 0.25) is 0 Å². The summed E-state index contributed by atoms with van der Waals surface area (Å²) >= 11 is 0. The molecule has 0 bridgehead atoms. The number of pyridine rings is 1. The van der Waals surface area contributed by atoms with Crippen LogP contribution in [0.4, 0.5) is 11.4 Å². The zero-order valence-corrected chi connectivity index (χ0v) is 12.8. The molecule has 2 aromatic carbocycles. The monoisotopic (exact) mass is 322 g/mol. The minimum absolute atomic E-state index is 0.00399. The second-order valence-electron chi connectivity index (χ2n) is 4.90. The summed E-state index contributed by atoms with van der Waals surface area (Å²) in [5.74, 6) is 0.666. The predicted molar refractivity (Wildman–Crippen MR) is 92.6 cm³/mol. The van der Waals surface area contributed by atoms with Gasteiger partial charge in [-0.05, 0) is 18.2 Å². The van der Waals surface area contributed by atoms with Gasteiger partial charge in [0.1, 0.15) is 11.3 Å². The summed E-state index contributed by atoms with van der Waals surface area (Å²) in [7, 11) is 1.59. The smallest absolute Gasteiger partial charge is 0.278 e. The van der Waals surface area contributed by atoms with Gasteiger partial charge in [-0.15, -0.1) is 0 Å². The molecule has 0 unspecified atom stereocenters. The standard InChI is InChI=1S/C17H14N4O3/c1-24-16-8-4-6-13-14(9-10-18-17(13)16)20-19-11-12-5-2-3-7-15(12)21(22)23/h2-11H,1H3,(H,18,20)/b19-11+. The van der Waals surface area contributed by atoms with Crippen LogP contribution in [0, 0.1) is 10.1 Å². The van der Waals surface area contributed by atoms with E-state index < -0.39 is 4.92 Å². The maximum atomic E-state index is 11.0. The van der Waals surface area contributed by atoms with E-state index in [1.807, 2.05) is 18.2 Å². The van der Waals surface area contributed by atoms with Gasteiger partial charge in [0, 0.05) is 17.6 Å². The molecule has 1 heterocycles. The molecule has 0 aliphatic carbocycles. The fourth-order valence-corrected chi connectivity index (χ4v) is 2.35. The number of hydrazone groups is 1. The number of para-hydroxylation sites is 2. The molecule has 0 amide bonds. The van der Waals surface area contributed by atoms with Crippen LogP contribution in [-0.4, -0.2) is 23.2 Å². The Kier molecular flexibility index (Phi) is 4.33. The second kappa shape index (κ2) is 6.74. The molecule has 0 aliphatic heterocycles. The van der Waals surface area contributed by atoms with Gasteiger partial charge in [0.15, 0.2) is 0 Å². The molecular weight excluding hydrogens is 308 g/mol. The molecule has 0 saturated heterocycles. The largest absolute Gasteiger partial charge is 0.494 e. The topological polar surface area (TPSA) is 89.6 Å². The van der Waals surface area contributed by atoms with Gasteiger partial charge in [0.2, 0.25) is 0 Å². The number of hydrogen-bond donors (Lipinski definition) is 1. The van der Waals surface area contributed by atoms with Crippen molar-refractivity contribution in [3.63, 3.8) is 0 Å². The van der Waals surface area contributed by atoms with Crippen LogP contribution < -0.4 is 10.2 Å². The van der Waals surface area contributed by atoms with Crippen molar-refractivity contribution in [3.8, 4) is 5.75 Å². The van der Waals surface area contributed by atoms with Crippen LogP contribution in [0.3, 0.4) is 0 Å². The molecule has 3 rings (SSSR count). The summed E-state index contributed by atoms with van der Waals surface area (Å²) in [6.45, 7) is 0. The van der Waals surface area contributed by atoms with E-state index in [9.17, 15) is 10.1 Å². The van der Waals surface area contributed by atoms with Crippen molar-refractivity contribution in [3.05, 3.63) is 70.4 Å². The zero-order valence-electron chi connectivity index (χ0n) is 12.8. The van der Waals surface area contributed by atoms with Crippen molar-refractivity contribution in [1.29, 1.82) is 0 Å². The molecule has 7 nitrogen and oxygen atoms in total. The Balaban J connectivity index is 1.90. The number of anilines is 1. The van der Waals surface area contributed by atoms with Gasteiger partial charge >= 0.3 is 0 Å². The molecular formula is C17H14N4O3. The lowest BCUT2D eigenvalue weighted by molar-refractivity contribution is -0.385. The third-order valence-electron chi connectivity index (χ3n) is 3.48. The quantitative estimate of drug-likeness (QED) is 0.440. The van der Waals surface area contributed by atoms with E-state index in [0.717, 1.165) is 11.1 Å². The first kappa shape index (κ1) is 15.4. The van der Waals surface area contributed by atoms with E-state index in [-0.39, 0.29) is 5.69 Å². The fourth-order valence-electron chi connectivity index (χ4n) is 2.35. The molecule has 120 valence electrons. The minimum Gasteiger partial charge on any atom is -0.494 e. The van der Waals surface area contributed by atoms with Crippen LogP contribution in [0.15, 0.2) is 59.8 Å². The maximum absolute atomic E-state index is 11.0. The fraction of sp³-hybridized carbons (Fsp3) is 0.0588. The minimum atomic E-state index is -0.436.